The third-order valence-corrected chi connectivity index (χ3v) is 4.38. The third kappa shape index (κ3) is 2.16. The molecule has 3 heteroatoms. The van der Waals surface area contributed by atoms with Crippen molar-refractivity contribution in [2.75, 3.05) is 0 Å². The van der Waals surface area contributed by atoms with E-state index < -0.39 is 5.60 Å². The molecule has 0 fully saturated rings. The van der Waals surface area contributed by atoms with Gasteiger partial charge in [0.1, 0.15) is 0 Å². The normalized spacial score (nSPS) is 21.1. The highest BCUT2D eigenvalue weighted by Crippen LogP contribution is 2.39. The van der Waals surface area contributed by atoms with E-state index in [0.717, 1.165) is 42.8 Å². The zero-order chi connectivity index (χ0) is 14.2. The molecule has 1 heterocycles. The van der Waals surface area contributed by atoms with Gasteiger partial charge in [0.2, 0.25) is 0 Å². The molecule has 1 aliphatic rings. The van der Waals surface area contributed by atoms with Gasteiger partial charge in [-0.2, -0.15) is 5.10 Å². The molecule has 1 N–H and O–H groups in total. The van der Waals surface area contributed by atoms with Gasteiger partial charge in [0.05, 0.1) is 11.3 Å². The average molecular weight is 270 g/mol. The summed E-state index contributed by atoms with van der Waals surface area (Å²) in [5, 5.41) is 15.6. The number of nitrogens with zero attached hydrogens (tertiary/aromatic N) is 2. The Morgan fingerprint density at radius 1 is 1.30 bits per heavy atom. The predicted molar refractivity (Wildman–Crippen MR) is 79.6 cm³/mol. The second kappa shape index (κ2) is 5.06. The zero-order valence-electron chi connectivity index (χ0n) is 12.3. The van der Waals surface area contributed by atoms with Crippen molar-refractivity contribution in [2.24, 2.45) is 0 Å². The third-order valence-electron chi connectivity index (χ3n) is 4.38. The molecule has 1 aliphatic carbocycles. The molecule has 0 saturated heterocycles. The molecule has 20 heavy (non-hydrogen) atoms. The Hall–Kier alpha value is -1.61. The fourth-order valence-corrected chi connectivity index (χ4v) is 3.26. The fraction of sp³-hybridized carbons (Fsp3) is 0.471. The molecule has 0 amide bonds. The molecule has 1 atom stereocenters. The van der Waals surface area contributed by atoms with E-state index >= 15 is 0 Å². The Balaban J connectivity index is 1.93. The molecule has 3 rings (SSSR count). The lowest BCUT2D eigenvalue weighted by Gasteiger charge is -2.24. The summed E-state index contributed by atoms with van der Waals surface area (Å²) in [5.41, 5.74) is 3.91. The Labute approximate surface area is 120 Å². The number of rotatable bonds is 4. The fourth-order valence-electron chi connectivity index (χ4n) is 3.26. The van der Waals surface area contributed by atoms with Crippen LogP contribution in [0.1, 0.15) is 42.8 Å². The summed E-state index contributed by atoms with van der Waals surface area (Å²) in [7, 11) is 0. The smallest absolute Gasteiger partial charge is 0.0957 e. The summed E-state index contributed by atoms with van der Waals surface area (Å²) >= 11 is 0. The second-order valence-electron chi connectivity index (χ2n) is 5.66. The number of aromatic nitrogens is 2. The Morgan fingerprint density at radius 2 is 2.10 bits per heavy atom. The van der Waals surface area contributed by atoms with Gasteiger partial charge in [0.25, 0.3) is 0 Å². The minimum atomic E-state index is -0.728. The van der Waals surface area contributed by atoms with Crippen molar-refractivity contribution < 1.29 is 5.11 Å². The van der Waals surface area contributed by atoms with Crippen LogP contribution < -0.4 is 0 Å². The monoisotopic (exact) mass is 270 g/mol. The van der Waals surface area contributed by atoms with Gasteiger partial charge >= 0.3 is 0 Å². The highest BCUT2D eigenvalue weighted by Gasteiger charge is 2.37. The first-order valence-corrected chi connectivity index (χ1v) is 7.52. The second-order valence-corrected chi connectivity index (χ2v) is 5.66. The van der Waals surface area contributed by atoms with Crippen molar-refractivity contribution in [1.29, 1.82) is 0 Å². The molecule has 0 radical (unpaired) electrons. The van der Waals surface area contributed by atoms with Crippen LogP contribution in [0.5, 0.6) is 0 Å². The first-order chi connectivity index (χ1) is 9.66. The standard InChI is InChI=1S/C17H22N2O/c1-3-14-11-15(19(4-2)18-14)12-17(20)10-9-13-7-5-6-8-16(13)17/h5-8,11,20H,3-4,9-10,12H2,1-2H3. The molecule has 106 valence electrons. The van der Waals surface area contributed by atoms with E-state index in [9.17, 15) is 5.11 Å². The van der Waals surface area contributed by atoms with E-state index in [4.69, 9.17) is 0 Å². The number of aliphatic hydroxyl groups is 1. The van der Waals surface area contributed by atoms with Crippen LogP contribution in [0.2, 0.25) is 0 Å². The number of fused-ring (bicyclic) bond motifs is 1. The Bertz CT molecular complexity index is 617. The molecule has 2 aromatic rings. The number of benzene rings is 1. The summed E-state index contributed by atoms with van der Waals surface area (Å²) in [6, 6.07) is 10.4. The Kier molecular flexibility index (Phi) is 3.38. The number of aryl methyl sites for hydroxylation is 3. The maximum absolute atomic E-state index is 11.1. The SMILES string of the molecule is CCc1cc(CC2(O)CCc3ccccc32)n(CC)n1. The predicted octanol–water partition coefficient (Wildman–Crippen LogP) is 2.84. The first-order valence-electron chi connectivity index (χ1n) is 7.52. The Morgan fingerprint density at radius 3 is 2.85 bits per heavy atom. The topological polar surface area (TPSA) is 38.0 Å². The van der Waals surface area contributed by atoms with Gasteiger partial charge in [0, 0.05) is 18.7 Å². The summed E-state index contributed by atoms with van der Waals surface area (Å²) in [6.07, 6.45) is 3.37. The number of hydrogen-bond acceptors (Lipinski definition) is 2. The summed E-state index contributed by atoms with van der Waals surface area (Å²) in [5.74, 6) is 0. The van der Waals surface area contributed by atoms with E-state index in [1.807, 2.05) is 10.7 Å². The van der Waals surface area contributed by atoms with E-state index in [1.165, 1.54) is 5.56 Å². The molecule has 3 nitrogen and oxygen atoms in total. The average Bonchev–Trinajstić information content (AvgIpc) is 3.01. The van der Waals surface area contributed by atoms with E-state index in [-0.39, 0.29) is 0 Å². The van der Waals surface area contributed by atoms with Crippen LogP contribution in [-0.4, -0.2) is 14.9 Å². The lowest BCUT2D eigenvalue weighted by atomic mass is 9.90. The van der Waals surface area contributed by atoms with Gasteiger partial charge in [-0.1, -0.05) is 31.2 Å². The molecule has 0 spiro atoms. The quantitative estimate of drug-likeness (QED) is 0.927. The lowest BCUT2D eigenvalue weighted by molar-refractivity contribution is 0.0369. The van der Waals surface area contributed by atoms with Crippen molar-refractivity contribution in [3.8, 4) is 0 Å². The van der Waals surface area contributed by atoms with Crippen LogP contribution in [0.3, 0.4) is 0 Å². The molecule has 0 aliphatic heterocycles. The summed E-state index contributed by atoms with van der Waals surface area (Å²) in [4.78, 5) is 0. The highest BCUT2D eigenvalue weighted by atomic mass is 16.3. The van der Waals surface area contributed by atoms with Crippen LogP contribution in [-0.2, 0) is 31.4 Å². The van der Waals surface area contributed by atoms with Crippen LogP contribution in [0, 0.1) is 0 Å². The van der Waals surface area contributed by atoms with E-state index in [0.29, 0.717) is 6.42 Å². The van der Waals surface area contributed by atoms with Gasteiger partial charge < -0.3 is 5.11 Å². The van der Waals surface area contributed by atoms with Crippen LogP contribution in [0.15, 0.2) is 30.3 Å². The maximum Gasteiger partial charge on any atom is 0.0957 e. The van der Waals surface area contributed by atoms with Crippen molar-refractivity contribution in [2.45, 2.75) is 51.7 Å². The van der Waals surface area contributed by atoms with Crippen LogP contribution in [0.4, 0.5) is 0 Å². The molecule has 1 aromatic carbocycles. The van der Waals surface area contributed by atoms with Gasteiger partial charge in [0.15, 0.2) is 0 Å². The van der Waals surface area contributed by atoms with Crippen LogP contribution in [0.25, 0.3) is 0 Å². The summed E-state index contributed by atoms with van der Waals surface area (Å²) < 4.78 is 2.03. The van der Waals surface area contributed by atoms with Crippen molar-refractivity contribution in [3.05, 3.63) is 52.8 Å². The lowest BCUT2D eigenvalue weighted by Crippen LogP contribution is -2.26. The van der Waals surface area contributed by atoms with Crippen LogP contribution >= 0.6 is 0 Å². The minimum absolute atomic E-state index is 0.658. The number of hydrogen-bond donors (Lipinski definition) is 1. The van der Waals surface area contributed by atoms with E-state index in [2.05, 4.69) is 43.2 Å². The maximum atomic E-state index is 11.1. The molecule has 1 unspecified atom stereocenters. The minimum Gasteiger partial charge on any atom is -0.385 e. The first kappa shape index (κ1) is 13.4. The summed E-state index contributed by atoms with van der Waals surface area (Å²) in [6.45, 7) is 5.07. The van der Waals surface area contributed by atoms with Gasteiger partial charge in [-0.05, 0) is 43.4 Å². The van der Waals surface area contributed by atoms with Gasteiger partial charge in [-0.3, -0.25) is 4.68 Å². The van der Waals surface area contributed by atoms with Crippen molar-refractivity contribution in [3.63, 3.8) is 0 Å². The van der Waals surface area contributed by atoms with E-state index in [1.54, 1.807) is 0 Å². The van der Waals surface area contributed by atoms with Gasteiger partial charge in [-0.15, -0.1) is 0 Å². The molecular weight excluding hydrogens is 248 g/mol. The van der Waals surface area contributed by atoms with Gasteiger partial charge in [-0.25, -0.2) is 0 Å². The zero-order valence-corrected chi connectivity index (χ0v) is 12.3. The molecule has 1 aromatic heterocycles. The van der Waals surface area contributed by atoms with Crippen molar-refractivity contribution >= 4 is 0 Å². The highest BCUT2D eigenvalue weighted by molar-refractivity contribution is 5.38. The van der Waals surface area contributed by atoms with Crippen molar-refractivity contribution in [1.82, 2.24) is 9.78 Å². The molecule has 0 bridgehead atoms. The molecule has 0 saturated carbocycles. The largest absolute Gasteiger partial charge is 0.385 e. The molecular formula is C17H22N2O.